The number of nitrogen functional groups attached to an aromatic ring is 1. The van der Waals surface area contributed by atoms with Crippen molar-refractivity contribution in [2.24, 2.45) is 0 Å². The molecule has 0 saturated heterocycles. The third kappa shape index (κ3) is 3.08. The first-order valence-electron chi connectivity index (χ1n) is 5.93. The minimum absolute atomic E-state index is 0.253. The summed E-state index contributed by atoms with van der Waals surface area (Å²) >= 11 is 1.43. The van der Waals surface area contributed by atoms with Crippen LogP contribution in [0.5, 0.6) is 5.75 Å². The topological polar surface area (TPSA) is 48.1 Å². The smallest absolute Gasteiger partial charge is 0.406 e. The standard InChI is InChI=1S/C14H9F3N2OS/c15-14(16,17)20-10-4-1-8(2-5-10)13-19-11-6-3-9(18)7-12(11)21-13/h1-7H,18H2. The molecule has 0 aliphatic heterocycles. The highest BCUT2D eigenvalue weighted by Crippen LogP contribution is 2.32. The van der Waals surface area contributed by atoms with Gasteiger partial charge in [-0.1, -0.05) is 0 Å². The molecule has 1 aromatic heterocycles. The molecule has 0 fully saturated rings. The zero-order valence-corrected chi connectivity index (χ0v) is 11.3. The predicted molar refractivity (Wildman–Crippen MR) is 76.2 cm³/mol. The van der Waals surface area contributed by atoms with Crippen LogP contribution in [0.15, 0.2) is 42.5 Å². The fourth-order valence-corrected chi connectivity index (χ4v) is 2.88. The van der Waals surface area contributed by atoms with Crippen LogP contribution in [0.4, 0.5) is 18.9 Å². The van der Waals surface area contributed by atoms with Gasteiger partial charge in [-0.3, -0.25) is 0 Å². The Hall–Kier alpha value is -2.28. The average molecular weight is 310 g/mol. The second kappa shape index (κ2) is 4.92. The molecule has 2 N–H and O–H groups in total. The van der Waals surface area contributed by atoms with Crippen LogP contribution in [-0.4, -0.2) is 11.3 Å². The normalized spacial score (nSPS) is 11.8. The molecular formula is C14H9F3N2OS. The number of nitrogens with two attached hydrogens (primary N) is 1. The van der Waals surface area contributed by atoms with E-state index in [4.69, 9.17) is 5.73 Å². The Kier molecular flexibility index (Phi) is 3.21. The van der Waals surface area contributed by atoms with Gasteiger partial charge in [0.15, 0.2) is 0 Å². The van der Waals surface area contributed by atoms with E-state index in [1.807, 2.05) is 12.1 Å². The molecule has 0 spiro atoms. The molecule has 0 amide bonds. The van der Waals surface area contributed by atoms with E-state index in [0.717, 1.165) is 15.8 Å². The molecule has 3 aromatic rings. The van der Waals surface area contributed by atoms with Crippen LogP contribution in [-0.2, 0) is 0 Å². The molecular weight excluding hydrogens is 301 g/mol. The first-order chi connectivity index (χ1) is 9.90. The molecule has 0 atom stereocenters. The lowest BCUT2D eigenvalue weighted by molar-refractivity contribution is -0.274. The fourth-order valence-electron chi connectivity index (χ4n) is 1.86. The second-order valence-electron chi connectivity index (χ2n) is 4.32. The molecule has 2 aromatic carbocycles. The van der Waals surface area contributed by atoms with Gasteiger partial charge in [-0.25, -0.2) is 4.98 Å². The zero-order chi connectivity index (χ0) is 15.0. The van der Waals surface area contributed by atoms with Gasteiger partial charge in [-0.2, -0.15) is 0 Å². The van der Waals surface area contributed by atoms with Crippen molar-refractivity contribution in [3.8, 4) is 16.3 Å². The van der Waals surface area contributed by atoms with Crippen LogP contribution in [0.1, 0.15) is 0 Å². The van der Waals surface area contributed by atoms with Crippen LogP contribution in [0.25, 0.3) is 20.8 Å². The lowest BCUT2D eigenvalue weighted by atomic mass is 10.2. The maximum atomic E-state index is 12.1. The van der Waals surface area contributed by atoms with Crippen LogP contribution < -0.4 is 10.5 Å². The summed E-state index contributed by atoms with van der Waals surface area (Å²) in [6.45, 7) is 0. The molecule has 0 aliphatic carbocycles. The number of anilines is 1. The number of nitrogens with zero attached hydrogens (tertiary/aromatic N) is 1. The van der Waals surface area contributed by atoms with E-state index in [-0.39, 0.29) is 5.75 Å². The summed E-state index contributed by atoms with van der Waals surface area (Å²) in [5.74, 6) is -0.253. The minimum atomic E-state index is -4.69. The van der Waals surface area contributed by atoms with E-state index >= 15 is 0 Å². The summed E-state index contributed by atoms with van der Waals surface area (Å²) in [6.07, 6.45) is -4.69. The summed E-state index contributed by atoms with van der Waals surface area (Å²) in [5.41, 5.74) is 7.88. The summed E-state index contributed by atoms with van der Waals surface area (Å²) in [5, 5.41) is 0.717. The Bertz CT molecular complexity index is 781. The van der Waals surface area contributed by atoms with Crippen molar-refractivity contribution in [3.63, 3.8) is 0 Å². The highest BCUT2D eigenvalue weighted by atomic mass is 32.1. The zero-order valence-electron chi connectivity index (χ0n) is 10.5. The number of aromatic nitrogens is 1. The van der Waals surface area contributed by atoms with E-state index < -0.39 is 6.36 Å². The maximum absolute atomic E-state index is 12.1. The lowest BCUT2D eigenvalue weighted by Crippen LogP contribution is -2.16. The van der Waals surface area contributed by atoms with Gasteiger partial charge >= 0.3 is 6.36 Å². The Morgan fingerprint density at radius 3 is 2.43 bits per heavy atom. The van der Waals surface area contributed by atoms with Crippen LogP contribution in [0.2, 0.25) is 0 Å². The van der Waals surface area contributed by atoms with Crippen molar-refractivity contribution in [1.82, 2.24) is 4.98 Å². The predicted octanol–water partition coefficient (Wildman–Crippen LogP) is 4.44. The first kappa shape index (κ1) is 13.7. The number of ether oxygens (including phenoxy) is 1. The second-order valence-corrected chi connectivity index (χ2v) is 5.35. The average Bonchev–Trinajstić information content (AvgIpc) is 2.80. The number of hydrogen-bond donors (Lipinski definition) is 1. The molecule has 1 heterocycles. The molecule has 108 valence electrons. The molecule has 3 nitrogen and oxygen atoms in total. The van der Waals surface area contributed by atoms with Gasteiger partial charge in [0.05, 0.1) is 10.2 Å². The lowest BCUT2D eigenvalue weighted by Gasteiger charge is -2.08. The molecule has 3 rings (SSSR count). The minimum Gasteiger partial charge on any atom is -0.406 e. The monoisotopic (exact) mass is 310 g/mol. The Balaban J connectivity index is 1.91. The summed E-state index contributed by atoms with van der Waals surface area (Å²) < 4.78 is 41.1. The molecule has 0 aliphatic rings. The van der Waals surface area contributed by atoms with Crippen molar-refractivity contribution in [3.05, 3.63) is 42.5 Å². The third-order valence-corrected chi connectivity index (χ3v) is 3.81. The van der Waals surface area contributed by atoms with E-state index in [1.165, 1.54) is 23.5 Å². The molecule has 0 bridgehead atoms. The Labute approximate surface area is 121 Å². The van der Waals surface area contributed by atoms with Crippen LogP contribution >= 0.6 is 11.3 Å². The number of halogens is 3. The van der Waals surface area contributed by atoms with Gasteiger partial charge in [-0.05, 0) is 42.5 Å². The maximum Gasteiger partial charge on any atom is 0.573 e. The number of fused-ring (bicyclic) bond motifs is 1. The highest BCUT2D eigenvalue weighted by molar-refractivity contribution is 7.21. The number of alkyl halides is 3. The van der Waals surface area contributed by atoms with Gasteiger partial charge < -0.3 is 10.5 Å². The van der Waals surface area contributed by atoms with Crippen molar-refractivity contribution in [2.75, 3.05) is 5.73 Å². The summed E-state index contributed by atoms with van der Waals surface area (Å²) in [4.78, 5) is 4.43. The number of hydrogen-bond acceptors (Lipinski definition) is 4. The molecule has 0 saturated carbocycles. The third-order valence-electron chi connectivity index (χ3n) is 2.75. The van der Waals surface area contributed by atoms with Crippen LogP contribution in [0, 0.1) is 0 Å². The van der Waals surface area contributed by atoms with Crippen molar-refractivity contribution in [1.29, 1.82) is 0 Å². The van der Waals surface area contributed by atoms with Crippen molar-refractivity contribution >= 4 is 27.2 Å². The van der Waals surface area contributed by atoms with E-state index in [2.05, 4.69) is 9.72 Å². The van der Waals surface area contributed by atoms with E-state index in [9.17, 15) is 13.2 Å². The largest absolute Gasteiger partial charge is 0.573 e. The number of rotatable bonds is 2. The molecule has 7 heteroatoms. The summed E-state index contributed by atoms with van der Waals surface area (Å²) in [6, 6.07) is 11.0. The first-order valence-corrected chi connectivity index (χ1v) is 6.75. The van der Waals surface area contributed by atoms with Gasteiger partial charge in [0.1, 0.15) is 10.8 Å². The Morgan fingerprint density at radius 1 is 1.05 bits per heavy atom. The van der Waals surface area contributed by atoms with E-state index in [1.54, 1.807) is 18.2 Å². The molecule has 21 heavy (non-hydrogen) atoms. The molecule has 0 radical (unpaired) electrons. The number of benzene rings is 2. The van der Waals surface area contributed by atoms with E-state index in [0.29, 0.717) is 10.7 Å². The van der Waals surface area contributed by atoms with Gasteiger partial charge in [-0.15, -0.1) is 24.5 Å². The van der Waals surface area contributed by atoms with Gasteiger partial charge in [0.2, 0.25) is 0 Å². The quantitative estimate of drug-likeness (QED) is 0.712. The Morgan fingerprint density at radius 2 is 1.76 bits per heavy atom. The van der Waals surface area contributed by atoms with Crippen molar-refractivity contribution < 1.29 is 17.9 Å². The highest BCUT2D eigenvalue weighted by Gasteiger charge is 2.30. The SMILES string of the molecule is Nc1ccc2nc(-c3ccc(OC(F)(F)F)cc3)sc2c1. The molecule has 0 unspecified atom stereocenters. The number of thiazole rings is 1. The van der Waals surface area contributed by atoms with Gasteiger partial charge in [0, 0.05) is 11.3 Å². The summed E-state index contributed by atoms with van der Waals surface area (Å²) in [7, 11) is 0. The fraction of sp³-hybridized carbons (Fsp3) is 0.0714. The van der Waals surface area contributed by atoms with Gasteiger partial charge in [0.25, 0.3) is 0 Å². The van der Waals surface area contributed by atoms with Crippen molar-refractivity contribution in [2.45, 2.75) is 6.36 Å². The van der Waals surface area contributed by atoms with Crippen LogP contribution in [0.3, 0.4) is 0 Å².